The molecule has 0 bridgehead atoms. The molecule has 3 amide bonds. The number of rotatable bonds is 5. The van der Waals surface area contributed by atoms with Crippen LogP contribution in [0.4, 0.5) is 0 Å². The van der Waals surface area contributed by atoms with Crippen LogP contribution in [0.25, 0.3) is 10.8 Å². The number of carbonyl (C=O) groups is 3. The molecule has 2 aromatic rings. The second-order valence-electron chi connectivity index (χ2n) is 8.24. The fraction of sp³-hybridized carbons (Fsp3) is 0.500. The molecule has 31 heavy (non-hydrogen) atoms. The van der Waals surface area contributed by atoms with Crippen LogP contribution in [-0.4, -0.2) is 45.5 Å². The Morgan fingerprint density at radius 3 is 2.32 bits per heavy atom. The van der Waals surface area contributed by atoms with Crippen molar-refractivity contribution in [1.82, 2.24) is 25.5 Å². The van der Waals surface area contributed by atoms with E-state index in [0.29, 0.717) is 49.7 Å². The molecule has 9 heteroatoms. The number of piperidine rings is 1. The van der Waals surface area contributed by atoms with E-state index in [0.717, 1.165) is 12.8 Å². The lowest BCUT2D eigenvalue weighted by atomic mass is 9.96. The van der Waals surface area contributed by atoms with Gasteiger partial charge in [-0.15, -0.1) is 0 Å². The van der Waals surface area contributed by atoms with Gasteiger partial charge in [-0.05, 0) is 38.2 Å². The molecule has 1 saturated heterocycles. The van der Waals surface area contributed by atoms with E-state index >= 15 is 0 Å². The molecule has 0 radical (unpaired) electrons. The molecule has 1 aliphatic heterocycles. The van der Waals surface area contributed by atoms with Gasteiger partial charge in [0.05, 0.1) is 5.39 Å². The lowest BCUT2D eigenvalue weighted by molar-refractivity contribution is -0.136. The number of nitrogens with one attached hydrogen (secondary N) is 2. The summed E-state index contributed by atoms with van der Waals surface area (Å²) in [4.78, 5) is 51.9. The van der Waals surface area contributed by atoms with Crippen molar-refractivity contribution in [2.24, 2.45) is 11.8 Å². The molecular weight excluding hydrogens is 398 g/mol. The standard InChI is InChI=1S/C22H27N5O4/c1-2-11-27-22(31)17-6-4-3-5-16(17)18(25-27)20(29)24-23-19(28)14-9-12-26(13-10-14)21(30)15-7-8-15/h3-6,14-15H,2,7-13H2,1H3,(H,23,28)(H,24,29). The highest BCUT2D eigenvalue weighted by Crippen LogP contribution is 2.32. The predicted molar refractivity (Wildman–Crippen MR) is 114 cm³/mol. The maximum Gasteiger partial charge on any atom is 0.290 e. The van der Waals surface area contributed by atoms with Crippen LogP contribution in [-0.2, 0) is 16.1 Å². The number of likely N-dealkylation sites (tertiary alicyclic amines) is 1. The Morgan fingerprint density at radius 2 is 1.68 bits per heavy atom. The number of amides is 3. The molecule has 1 saturated carbocycles. The van der Waals surface area contributed by atoms with E-state index in [-0.39, 0.29) is 34.9 Å². The van der Waals surface area contributed by atoms with Gasteiger partial charge in [-0.1, -0.05) is 25.1 Å². The van der Waals surface area contributed by atoms with Crippen LogP contribution in [0.5, 0.6) is 0 Å². The van der Waals surface area contributed by atoms with Crippen molar-refractivity contribution >= 4 is 28.5 Å². The number of hydrazine groups is 1. The summed E-state index contributed by atoms with van der Waals surface area (Å²) in [6.07, 6.45) is 3.79. The predicted octanol–water partition coefficient (Wildman–Crippen LogP) is 1.22. The van der Waals surface area contributed by atoms with Gasteiger partial charge in [0.1, 0.15) is 0 Å². The molecule has 0 atom stereocenters. The molecule has 164 valence electrons. The second kappa shape index (κ2) is 8.87. The molecule has 2 heterocycles. The number of carbonyl (C=O) groups excluding carboxylic acids is 3. The highest BCUT2D eigenvalue weighted by atomic mass is 16.2. The molecule has 2 aliphatic rings. The first kappa shape index (κ1) is 21.0. The van der Waals surface area contributed by atoms with Crippen LogP contribution in [0.2, 0.25) is 0 Å². The number of hydrogen-bond acceptors (Lipinski definition) is 5. The van der Waals surface area contributed by atoms with E-state index < -0.39 is 5.91 Å². The van der Waals surface area contributed by atoms with Gasteiger partial charge in [0.25, 0.3) is 11.5 Å². The summed E-state index contributed by atoms with van der Waals surface area (Å²) in [6, 6.07) is 6.81. The van der Waals surface area contributed by atoms with Crippen LogP contribution in [0.1, 0.15) is 49.5 Å². The molecule has 1 aliphatic carbocycles. The van der Waals surface area contributed by atoms with Gasteiger partial charge >= 0.3 is 0 Å². The Bertz CT molecular complexity index is 1070. The maximum atomic E-state index is 12.8. The van der Waals surface area contributed by atoms with Crippen molar-refractivity contribution in [3.05, 3.63) is 40.3 Å². The summed E-state index contributed by atoms with van der Waals surface area (Å²) in [6.45, 7) is 3.45. The summed E-state index contributed by atoms with van der Waals surface area (Å²) < 4.78 is 1.28. The summed E-state index contributed by atoms with van der Waals surface area (Å²) in [7, 11) is 0. The van der Waals surface area contributed by atoms with Gasteiger partial charge in [-0.2, -0.15) is 5.10 Å². The van der Waals surface area contributed by atoms with E-state index in [2.05, 4.69) is 16.0 Å². The number of benzene rings is 1. The third-order valence-corrected chi connectivity index (χ3v) is 5.92. The molecule has 0 spiro atoms. The third-order valence-electron chi connectivity index (χ3n) is 5.92. The number of fused-ring (bicyclic) bond motifs is 1. The molecule has 4 rings (SSSR count). The smallest absolute Gasteiger partial charge is 0.290 e. The van der Waals surface area contributed by atoms with Crippen LogP contribution in [0.3, 0.4) is 0 Å². The summed E-state index contributed by atoms with van der Waals surface area (Å²) in [5.41, 5.74) is 4.78. The van der Waals surface area contributed by atoms with E-state index in [1.807, 2.05) is 11.8 Å². The zero-order valence-corrected chi connectivity index (χ0v) is 17.6. The molecule has 0 unspecified atom stereocenters. The van der Waals surface area contributed by atoms with Crippen molar-refractivity contribution < 1.29 is 14.4 Å². The van der Waals surface area contributed by atoms with E-state index in [1.165, 1.54) is 4.68 Å². The van der Waals surface area contributed by atoms with Gasteiger partial charge in [0.2, 0.25) is 11.8 Å². The monoisotopic (exact) mass is 425 g/mol. The van der Waals surface area contributed by atoms with Gasteiger partial charge in [-0.25, -0.2) is 4.68 Å². The molecule has 9 nitrogen and oxygen atoms in total. The van der Waals surface area contributed by atoms with Gasteiger partial charge in [-0.3, -0.25) is 30.0 Å². The Labute approximate surface area is 179 Å². The largest absolute Gasteiger partial charge is 0.342 e. The quantitative estimate of drug-likeness (QED) is 0.699. The lowest BCUT2D eigenvalue weighted by Crippen LogP contribution is -2.48. The average Bonchev–Trinajstić information content (AvgIpc) is 3.64. The van der Waals surface area contributed by atoms with Crippen molar-refractivity contribution in [2.45, 2.75) is 45.6 Å². The second-order valence-corrected chi connectivity index (χ2v) is 8.24. The van der Waals surface area contributed by atoms with Crippen LogP contribution >= 0.6 is 0 Å². The minimum Gasteiger partial charge on any atom is -0.342 e. The number of hydrogen-bond donors (Lipinski definition) is 2. The number of nitrogens with zero attached hydrogens (tertiary/aromatic N) is 3. The maximum absolute atomic E-state index is 12.8. The first-order valence-electron chi connectivity index (χ1n) is 10.9. The minimum absolute atomic E-state index is 0.0915. The zero-order chi connectivity index (χ0) is 22.0. The molecular formula is C22H27N5O4. The minimum atomic E-state index is -0.573. The van der Waals surface area contributed by atoms with Crippen molar-refractivity contribution in [1.29, 1.82) is 0 Å². The highest BCUT2D eigenvalue weighted by Gasteiger charge is 2.36. The summed E-state index contributed by atoms with van der Waals surface area (Å²) in [5, 5.41) is 5.08. The Kier molecular flexibility index (Phi) is 6.01. The average molecular weight is 425 g/mol. The lowest BCUT2D eigenvalue weighted by Gasteiger charge is -2.31. The van der Waals surface area contributed by atoms with Crippen molar-refractivity contribution in [3.63, 3.8) is 0 Å². The fourth-order valence-corrected chi connectivity index (χ4v) is 4.00. The van der Waals surface area contributed by atoms with E-state index in [4.69, 9.17) is 0 Å². The first-order chi connectivity index (χ1) is 15.0. The normalized spacial score (nSPS) is 16.9. The van der Waals surface area contributed by atoms with Crippen molar-refractivity contribution in [2.75, 3.05) is 13.1 Å². The topological polar surface area (TPSA) is 113 Å². The third kappa shape index (κ3) is 4.45. The Balaban J connectivity index is 1.40. The van der Waals surface area contributed by atoms with Crippen LogP contribution in [0.15, 0.2) is 29.1 Å². The summed E-state index contributed by atoms with van der Waals surface area (Å²) >= 11 is 0. The van der Waals surface area contributed by atoms with E-state index in [1.54, 1.807) is 24.3 Å². The Morgan fingerprint density at radius 1 is 1.00 bits per heavy atom. The van der Waals surface area contributed by atoms with Gasteiger partial charge in [0, 0.05) is 36.9 Å². The van der Waals surface area contributed by atoms with Crippen molar-refractivity contribution in [3.8, 4) is 0 Å². The van der Waals surface area contributed by atoms with E-state index in [9.17, 15) is 19.2 Å². The van der Waals surface area contributed by atoms with Crippen LogP contribution < -0.4 is 16.4 Å². The Hall–Kier alpha value is -3.23. The molecule has 1 aromatic heterocycles. The van der Waals surface area contributed by atoms with Gasteiger partial charge in [0.15, 0.2) is 5.69 Å². The highest BCUT2D eigenvalue weighted by molar-refractivity contribution is 6.05. The summed E-state index contributed by atoms with van der Waals surface area (Å²) in [5.74, 6) is -0.730. The number of aryl methyl sites for hydroxylation is 1. The number of aromatic nitrogens is 2. The SMILES string of the molecule is CCCn1nc(C(=O)NNC(=O)C2CCN(C(=O)C3CC3)CC2)c2ccccc2c1=O. The molecule has 2 fully saturated rings. The van der Waals surface area contributed by atoms with Gasteiger partial charge < -0.3 is 4.90 Å². The molecule has 2 N–H and O–H groups in total. The fourth-order valence-electron chi connectivity index (χ4n) is 4.00. The van der Waals surface area contributed by atoms with Crippen LogP contribution in [0, 0.1) is 11.8 Å². The first-order valence-corrected chi connectivity index (χ1v) is 10.9. The molecule has 1 aromatic carbocycles. The zero-order valence-electron chi connectivity index (χ0n) is 17.6.